The van der Waals surface area contributed by atoms with Gasteiger partial charge in [-0.1, -0.05) is 24.8 Å². The third-order valence-electron chi connectivity index (χ3n) is 3.46. The summed E-state index contributed by atoms with van der Waals surface area (Å²) >= 11 is 1.04. The number of aromatic nitrogens is 2. The van der Waals surface area contributed by atoms with Crippen molar-refractivity contribution >= 4 is 23.6 Å². The summed E-state index contributed by atoms with van der Waals surface area (Å²) in [5.41, 5.74) is -1.06. The number of amides is 1. The van der Waals surface area contributed by atoms with Gasteiger partial charge in [-0.05, 0) is 31.5 Å². The second-order valence-corrected chi connectivity index (χ2v) is 6.64. The fourth-order valence-electron chi connectivity index (χ4n) is 2.11. The van der Waals surface area contributed by atoms with Crippen LogP contribution in [0.3, 0.4) is 0 Å². The van der Waals surface area contributed by atoms with Gasteiger partial charge < -0.3 is 14.5 Å². The van der Waals surface area contributed by atoms with Crippen molar-refractivity contribution in [3.63, 3.8) is 0 Å². The first-order valence-corrected chi connectivity index (χ1v) is 9.23. The Kier molecular flexibility index (Phi) is 7.44. The number of nitrogens with one attached hydrogen (secondary N) is 1. The molecule has 1 aromatic heterocycles. The van der Waals surface area contributed by atoms with Crippen LogP contribution in [0.1, 0.15) is 42.1 Å². The van der Waals surface area contributed by atoms with Crippen molar-refractivity contribution in [3.8, 4) is 0 Å². The maximum atomic E-state index is 12.7. The predicted octanol–water partition coefficient (Wildman–Crippen LogP) is 3.45. The molecule has 1 heterocycles. The Morgan fingerprint density at radius 1 is 1.29 bits per heavy atom. The number of ether oxygens (including phenoxy) is 1. The zero-order chi connectivity index (χ0) is 20.7. The molecular formula is C17H18F3N3O4S. The predicted molar refractivity (Wildman–Crippen MR) is 93.5 cm³/mol. The first kappa shape index (κ1) is 21.7. The minimum absolute atomic E-state index is 0.0570. The summed E-state index contributed by atoms with van der Waals surface area (Å²) in [4.78, 5) is 23.8. The SMILES string of the molecule is CCOC(=O)[C@@H](CC)Sc1nnc(CNC(=O)c2cccc(C(F)(F)F)c2)o1. The molecule has 0 aliphatic heterocycles. The van der Waals surface area contributed by atoms with Gasteiger partial charge in [0.15, 0.2) is 0 Å². The van der Waals surface area contributed by atoms with Crippen LogP contribution in [0.4, 0.5) is 13.2 Å². The topological polar surface area (TPSA) is 94.3 Å². The third kappa shape index (κ3) is 5.98. The quantitative estimate of drug-likeness (QED) is 0.519. The Balaban J connectivity index is 1.95. The number of rotatable bonds is 8. The maximum absolute atomic E-state index is 12.7. The van der Waals surface area contributed by atoms with Crippen molar-refractivity contribution in [3.05, 3.63) is 41.3 Å². The maximum Gasteiger partial charge on any atom is 0.416 e. The standard InChI is InChI=1S/C17H18F3N3O4S/c1-3-12(15(25)26-4-2)28-16-23-22-13(27-16)9-21-14(24)10-6-5-7-11(8-10)17(18,19)20/h5-8,12H,3-4,9H2,1-2H3,(H,21,24)/t12-/m1/s1. The second-order valence-electron chi connectivity index (χ2n) is 5.49. The van der Waals surface area contributed by atoms with Crippen molar-refractivity contribution in [1.82, 2.24) is 15.5 Å². The zero-order valence-electron chi connectivity index (χ0n) is 15.1. The molecule has 0 spiro atoms. The van der Waals surface area contributed by atoms with E-state index in [0.29, 0.717) is 6.42 Å². The van der Waals surface area contributed by atoms with E-state index in [9.17, 15) is 22.8 Å². The van der Waals surface area contributed by atoms with Crippen LogP contribution in [-0.4, -0.2) is 33.9 Å². The zero-order valence-corrected chi connectivity index (χ0v) is 15.9. The van der Waals surface area contributed by atoms with Gasteiger partial charge in [-0.15, -0.1) is 10.2 Å². The van der Waals surface area contributed by atoms with Crippen molar-refractivity contribution in [2.24, 2.45) is 0 Å². The van der Waals surface area contributed by atoms with E-state index < -0.39 is 28.9 Å². The summed E-state index contributed by atoms with van der Waals surface area (Å²) in [6, 6.07) is 4.06. The van der Waals surface area contributed by atoms with Crippen molar-refractivity contribution in [2.45, 2.75) is 43.5 Å². The van der Waals surface area contributed by atoms with Crippen LogP contribution in [0.15, 0.2) is 33.9 Å². The number of nitrogens with zero attached hydrogens (tertiary/aromatic N) is 2. The first-order chi connectivity index (χ1) is 13.2. The van der Waals surface area contributed by atoms with E-state index in [0.717, 1.165) is 30.0 Å². The van der Waals surface area contributed by atoms with Gasteiger partial charge in [0, 0.05) is 5.56 Å². The van der Waals surface area contributed by atoms with Crippen molar-refractivity contribution in [2.75, 3.05) is 6.61 Å². The number of carbonyl (C=O) groups excluding carboxylic acids is 2. The molecule has 0 radical (unpaired) electrons. The lowest BCUT2D eigenvalue weighted by molar-refractivity contribution is -0.142. The molecule has 11 heteroatoms. The first-order valence-electron chi connectivity index (χ1n) is 8.35. The average molecular weight is 417 g/mol. The highest BCUT2D eigenvalue weighted by atomic mass is 32.2. The van der Waals surface area contributed by atoms with E-state index >= 15 is 0 Å². The molecule has 0 aliphatic carbocycles. The molecule has 28 heavy (non-hydrogen) atoms. The van der Waals surface area contributed by atoms with Crippen LogP contribution < -0.4 is 5.32 Å². The van der Waals surface area contributed by atoms with Crippen molar-refractivity contribution in [1.29, 1.82) is 0 Å². The number of hydrogen-bond donors (Lipinski definition) is 1. The molecule has 0 fully saturated rings. The Morgan fingerprint density at radius 2 is 2.04 bits per heavy atom. The Bertz CT molecular complexity index is 826. The Hall–Kier alpha value is -2.56. The molecule has 1 N–H and O–H groups in total. The minimum atomic E-state index is -4.54. The highest BCUT2D eigenvalue weighted by molar-refractivity contribution is 8.00. The van der Waals surface area contributed by atoms with E-state index in [2.05, 4.69) is 15.5 Å². The molecule has 1 amide bonds. The van der Waals surface area contributed by atoms with Crippen LogP contribution in [0, 0.1) is 0 Å². The molecule has 0 unspecified atom stereocenters. The monoisotopic (exact) mass is 417 g/mol. The molecule has 1 atom stereocenters. The third-order valence-corrected chi connectivity index (χ3v) is 4.64. The number of thioether (sulfide) groups is 1. The lowest BCUT2D eigenvalue weighted by Crippen LogP contribution is -2.23. The van der Waals surface area contributed by atoms with Gasteiger partial charge in [-0.25, -0.2) is 0 Å². The van der Waals surface area contributed by atoms with Gasteiger partial charge >= 0.3 is 12.1 Å². The lowest BCUT2D eigenvalue weighted by Gasteiger charge is -2.10. The number of benzene rings is 1. The van der Waals surface area contributed by atoms with E-state index in [1.807, 2.05) is 0 Å². The Morgan fingerprint density at radius 3 is 2.68 bits per heavy atom. The van der Waals surface area contributed by atoms with Crippen LogP contribution in [-0.2, 0) is 22.3 Å². The summed E-state index contributed by atoms with van der Waals surface area (Å²) in [6.07, 6.45) is -4.04. The van der Waals surface area contributed by atoms with Gasteiger partial charge in [0.1, 0.15) is 5.25 Å². The summed E-state index contributed by atoms with van der Waals surface area (Å²) in [6.45, 7) is 3.60. The second kappa shape index (κ2) is 9.58. The fraction of sp³-hybridized carbons (Fsp3) is 0.412. The van der Waals surface area contributed by atoms with E-state index in [4.69, 9.17) is 9.15 Å². The molecule has 2 aromatic rings. The molecule has 152 valence electrons. The smallest absolute Gasteiger partial charge is 0.416 e. The molecule has 1 aromatic carbocycles. The normalized spacial score (nSPS) is 12.5. The minimum Gasteiger partial charge on any atom is -0.465 e. The summed E-state index contributed by atoms with van der Waals surface area (Å²) in [7, 11) is 0. The number of halogens is 3. The van der Waals surface area contributed by atoms with Gasteiger partial charge in [0.2, 0.25) is 5.89 Å². The molecule has 7 nitrogen and oxygen atoms in total. The van der Waals surface area contributed by atoms with E-state index in [-0.39, 0.29) is 29.8 Å². The largest absolute Gasteiger partial charge is 0.465 e. The Labute approximate surface area is 163 Å². The van der Waals surface area contributed by atoms with Gasteiger partial charge in [0.05, 0.1) is 18.7 Å². The average Bonchev–Trinajstić information content (AvgIpc) is 3.11. The van der Waals surface area contributed by atoms with Gasteiger partial charge in [-0.3, -0.25) is 9.59 Å². The number of alkyl halides is 3. The van der Waals surface area contributed by atoms with E-state index in [1.165, 1.54) is 6.07 Å². The van der Waals surface area contributed by atoms with Crippen LogP contribution in [0.25, 0.3) is 0 Å². The lowest BCUT2D eigenvalue weighted by atomic mass is 10.1. The van der Waals surface area contributed by atoms with Gasteiger partial charge in [0.25, 0.3) is 11.1 Å². The summed E-state index contributed by atoms with van der Waals surface area (Å²) in [5.74, 6) is -1.05. The highest BCUT2D eigenvalue weighted by Crippen LogP contribution is 2.29. The summed E-state index contributed by atoms with van der Waals surface area (Å²) in [5, 5.41) is 9.56. The molecule has 0 saturated carbocycles. The molecule has 0 bridgehead atoms. The molecule has 0 aliphatic rings. The molecule has 2 rings (SSSR count). The molecular weight excluding hydrogens is 399 g/mol. The highest BCUT2D eigenvalue weighted by Gasteiger charge is 2.31. The summed E-state index contributed by atoms with van der Waals surface area (Å²) < 4.78 is 48.5. The van der Waals surface area contributed by atoms with Crippen LogP contribution >= 0.6 is 11.8 Å². The van der Waals surface area contributed by atoms with Gasteiger partial charge in [-0.2, -0.15) is 13.2 Å². The van der Waals surface area contributed by atoms with Crippen LogP contribution in [0.2, 0.25) is 0 Å². The van der Waals surface area contributed by atoms with Crippen LogP contribution in [0.5, 0.6) is 0 Å². The number of carbonyl (C=O) groups is 2. The number of esters is 1. The number of hydrogen-bond acceptors (Lipinski definition) is 7. The fourth-order valence-corrected chi connectivity index (χ4v) is 2.91. The van der Waals surface area contributed by atoms with E-state index in [1.54, 1.807) is 13.8 Å². The molecule has 0 saturated heterocycles. The van der Waals surface area contributed by atoms with Crippen molar-refractivity contribution < 1.29 is 31.9 Å².